The Hall–Kier alpha value is -2.23. The lowest BCUT2D eigenvalue weighted by Gasteiger charge is -2.11. The van der Waals surface area contributed by atoms with Crippen molar-refractivity contribution in [1.82, 2.24) is 0 Å². The highest BCUT2D eigenvalue weighted by Gasteiger charge is 2.06. The number of rotatable bonds is 4. The van der Waals surface area contributed by atoms with Crippen LogP contribution in [-0.4, -0.2) is 24.7 Å². The predicted octanol–water partition coefficient (Wildman–Crippen LogP) is 2.34. The van der Waals surface area contributed by atoms with Crippen molar-refractivity contribution in [1.29, 1.82) is 0 Å². The first-order valence-corrected chi connectivity index (χ1v) is 5.26. The Morgan fingerprint density at radius 3 is 2.59 bits per heavy atom. The first-order chi connectivity index (χ1) is 8.22. The van der Waals surface area contributed by atoms with Crippen LogP contribution in [0.4, 0.5) is 5.69 Å². The van der Waals surface area contributed by atoms with E-state index < -0.39 is 5.97 Å². The molecule has 0 saturated heterocycles. The van der Waals surface area contributed by atoms with Crippen molar-refractivity contribution in [3.63, 3.8) is 0 Å². The Kier molecular flexibility index (Phi) is 3.14. The van der Waals surface area contributed by atoms with E-state index in [4.69, 9.17) is 9.84 Å². The van der Waals surface area contributed by atoms with E-state index in [0.29, 0.717) is 5.75 Å². The molecule has 2 N–H and O–H groups in total. The normalized spacial score (nSPS) is 10.2. The van der Waals surface area contributed by atoms with Crippen molar-refractivity contribution in [2.75, 3.05) is 19.0 Å². The third-order valence-electron chi connectivity index (χ3n) is 2.50. The summed E-state index contributed by atoms with van der Waals surface area (Å²) in [5.74, 6) is -0.395. The van der Waals surface area contributed by atoms with Gasteiger partial charge in [0.05, 0.1) is 0 Å². The first-order valence-electron chi connectivity index (χ1n) is 5.26. The van der Waals surface area contributed by atoms with Crippen molar-refractivity contribution in [2.45, 2.75) is 0 Å². The molecule has 0 aliphatic carbocycles. The summed E-state index contributed by atoms with van der Waals surface area (Å²) in [5.41, 5.74) is 0.989. The van der Waals surface area contributed by atoms with Crippen molar-refractivity contribution in [3.05, 3.63) is 36.4 Å². The van der Waals surface area contributed by atoms with Gasteiger partial charge in [0.1, 0.15) is 5.75 Å². The number of carbonyl (C=O) groups is 1. The summed E-state index contributed by atoms with van der Waals surface area (Å²) in [6.07, 6.45) is 0. The van der Waals surface area contributed by atoms with Crippen LogP contribution in [0.5, 0.6) is 5.75 Å². The van der Waals surface area contributed by atoms with E-state index in [0.717, 1.165) is 16.5 Å². The van der Waals surface area contributed by atoms with Gasteiger partial charge in [-0.2, -0.15) is 0 Å². The standard InChI is InChI=1S/C13H13NO3/c1-14-11-6-7-12(17-8-13(15)16)10-5-3-2-4-9(10)11/h2-7,14H,8H2,1H3,(H,15,16). The van der Waals surface area contributed by atoms with Gasteiger partial charge in [-0.15, -0.1) is 0 Å². The second-order valence-corrected chi connectivity index (χ2v) is 3.59. The molecule has 0 aromatic heterocycles. The maximum Gasteiger partial charge on any atom is 0.341 e. The quantitative estimate of drug-likeness (QED) is 0.848. The zero-order chi connectivity index (χ0) is 12.3. The lowest BCUT2D eigenvalue weighted by molar-refractivity contribution is -0.139. The van der Waals surface area contributed by atoms with Gasteiger partial charge in [0, 0.05) is 23.5 Å². The third kappa shape index (κ3) is 2.30. The zero-order valence-corrected chi connectivity index (χ0v) is 9.43. The number of nitrogens with one attached hydrogen (secondary N) is 1. The van der Waals surface area contributed by atoms with Crippen LogP contribution in [0.1, 0.15) is 0 Å². The van der Waals surface area contributed by atoms with Crippen LogP contribution in [-0.2, 0) is 4.79 Å². The molecule has 0 fully saturated rings. The fourth-order valence-corrected chi connectivity index (χ4v) is 1.75. The lowest BCUT2D eigenvalue weighted by Crippen LogP contribution is -2.09. The van der Waals surface area contributed by atoms with Gasteiger partial charge < -0.3 is 15.2 Å². The fraction of sp³-hybridized carbons (Fsp3) is 0.154. The minimum atomic E-state index is -0.980. The van der Waals surface area contributed by atoms with E-state index in [-0.39, 0.29) is 6.61 Å². The minimum absolute atomic E-state index is 0.330. The largest absolute Gasteiger partial charge is 0.481 e. The Bertz CT molecular complexity index is 551. The molecule has 4 heteroatoms. The number of ether oxygens (including phenoxy) is 1. The zero-order valence-electron chi connectivity index (χ0n) is 9.43. The van der Waals surface area contributed by atoms with Gasteiger partial charge in [0.25, 0.3) is 0 Å². The highest BCUT2D eigenvalue weighted by molar-refractivity contribution is 5.98. The number of anilines is 1. The van der Waals surface area contributed by atoms with Gasteiger partial charge in [0.2, 0.25) is 0 Å². The number of hydrogen-bond donors (Lipinski definition) is 2. The second-order valence-electron chi connectivity index (χ2n) is 3.59. The minimum Gasteiger partial charge on any atom is -0.481 e. The van der Waals surface area contributed by atoms with E-state index in [9.17, 15) is 4.79 Å². The second kappa shape index (κ2) is 4.74. The summed E-state index contributed by atoms with van der Waals surface area (Å²) in [5, 5.41) is 13.6. The van der Waals surface area contributed by atoms with Crippen LogP contribution in [0.3, 0.4) is 0 Å². The van der Waals surface area contributed by atoms with Gasteiger partial charge in [0.15, 0.2) is 6.61 Å². The predicted molar refractivity (Wildman–Crippen MR) is 66.6 cm³/mol. The van der Waals surface area contributed by atoms with Crippen LogP contribution in [0.25, 0.3) is 10.8 Å². The molecule has 2 rings (SSSR count). The van der Waals surface area contributed by atoms with Crippen molar-refractivity contribution in [3.8, 4) is 5.75 Å². The van der Waals surface area contributed by atoms with Crippen LogP contribution < -0.4 is 10.1 Å². The van der Waals surface area contributed by atoms with Crippen LogP contribution in [0, 0.1) is 0 Å². The van der Waals surface area contributed by atoms with Crippen LogP contribution >= 0.6 is 0 Å². The maximum atomic E-state index is 10.5. The number of hydrogen-bond acceptors (Lipinski definition) is 3. The summed E-state index contributed by atoms with van der Waals surface area (Å²) >= 11 is 0. The fourth-order valence-electron chi connectivity index (χ4n) is 1.75. The number of aliphatic carboxylic acids is 1. The van der Waals surface area contributed by atoms with Gasteiger partial charge in [-0.3, -0.25) is 0 Å². The van der Waals surface area contributed by atoms with Gasteiger partial charge in [-0.25, -0.2) is 4.79 Å². The van der Waals surface area contributed by atoms with E-state index >= 15 is 0 Å². The lowest BCUT2D eigenvalue weighted by atomic mass is 10.1. The molecule has 0 spiro atoms. The number of benzene rings is 2. The van der Waals surface area contributed by atoms with Crippen LogP contribution in [0.15, 0.2) is 36.4 Å². The molecule has 0 heterocycles. The van der Waals surface area contributed by atoms with Crippen molar-refractivity contribution >= 4 is 22.4 Å². The van der Waals surface area contributed by atoms with Gasteiger partial charge in [-0.1, -0.05) is 24.3 Å². The summed E-state index contributed by atoms with van der Waals surface area (Å²) in [6, 6.07) is 11.4. The molecule has 0 unspecified atom stereocenters. The summed E-state index contributed by atoms with van der Waals surface area (Å²) in [6.45, 7) is -0.330. The van der Waals surface area contributed by atoms with E-state index in [1.54, 1.807) is 6.07 Å². The summed E-state index contributed by atoms with van der Waals surface area (Å²) in [4.78, 5) is 10.5. The monoisotopic (exact) mass is 231 g/mol. The van der Waals surface area contributed by atoms with Crippen molar-refractivity contribution < 1.29 is 14.6 Å². The Labute approximate surface area is 98.8 Å². The molecule has 2 aromatic rings. The van der Waals surface area contributed by atoms with Gasteiger partial charge in [-0.05, 0) is 12.1 Å². The summed E-state index contributed by atoms with van der Waals surface area (Å²) < 4.78 is 5.25. The molecule has 0 radical (unpaired) electrons. The Morgan fingerprint density at radius 1 is 1.24 bits per heavy atom. The summed E-state index contributed by atoms with van der Waals surface area (Å²) in [7, 11) is 1.85. The first kappa shape index (κ1) is 11.3. The van der Waals surface area contributed by atoms with Crippen molar-refractivity contribution in [2.24, 2.45) is 0 Å². The van der Waals surface area contributed by atoms with E-state index in [1.807, 2.05) is 37.4 Å². The molecule has 0 atom stereocenters. The molecule has 0 bridgehead atoms. The number of carboxylic acids is 1. The molecule has 4 nitrogen and oxygen atoms in total. The SMILES string of the molecule is CNc1ccc(OCC(=O)O)c2ccccc12. The maximum absolute atomic E-state index is 10.5. The van der Waals surface area contributed by atoms with Gasteiger partial charge >= 0.3 is 5.97 Å². The third-order valence-corrected chi connectivity index (χ3v) is 2.50. The molecule has 2 aromatic carbocycles. The highest BCUT2D eigenvalue weighted by Crippen LogP contribution is 2.31. The Morgan fingerprint density at radius 2 is 1.94 bits per heavy atom. The molecule has 0 saturated carbocycles. The molecule has 0 aliphatic heterocycles. The van der Waals surface area contributed by atoms with E-state index in [2.05, 4.69) is 5.32 Å². The topological polar surface area (TPSA) is 58.6 Å². The average Bonchev–Trinajstić information content (AvgIpc) is 2.35. The number of fused-ring (bicyclic) bond motifs is 1. The highest BCUT2D eigenvalue weighted by atomic mass is 16.5. The molecule has 0 aliphatic rings. The van der Waals surface area contributed by atoms with E-state index in [1.165, 1.54) is 0 Å². The smallest absolute Gasteiger partial charge is 0.341 e. The molecule has 17 heavy (non-hydrogen) atoms. The molecule has 88 valence electrons. The molecular weight excluding hydrogens is 218 g/mol. The molecular formula is C13H13NO3. The average molecular weight is 231 g/mol. The Balaban J connectivity index is 2.47. The van der Waals surface area contributed by atoms with Crippen LogP contribution in [0.2, 0.25) is 0 Å². The molecule has 0 amide bonds. The number of carboxylic acid groups (broad SMARTS) is 1.